The van der Waals surface area contributed by atoms with Crippen molar-refractivity contribution in [3.63, 3.8) is 0 Å². The first kappa shape index (κ1) is 13.5. The molecule has 1 heterocycles. The van der Waals surface area contributed by atoms with E-state index in [1.54, 1.807) is 7.11 Å². The van der Waals surface area contributed by atoms with Crippen LogP contribution >= 0.6 is 0 Å². The van der Waals surface area contributed by atoms with E-state index in [1.165, 1.54) is 0 Å². The Bertz CT molecular complexity index is 582. The van der Waals surface area contributed by atoms with Gasteiger partial charge in [0.25, 0.3) is 0 Å². The summed E-state index contributed by atoms with van der Waals surface area (Å²) in [5.41, 5.74) is 4.02. The SMILES string of the molecule is CNCc1cc(C)nc(-c2ccc(C)cc2OC)n1. The first-order valence-corrected chi connectivity index (χ1v) is 6.28. The molecule has 0 bridgehead atoms. The molecule has 0 atom stereocenters. The largest absolute Gasteiger partial charge is 0.496 e. The van der Waals surface area contributed by atoms with Gasteiger partial charge in [-0.05, 0) is 44.7 Å². The highest BCUT2D eigenvalue weighted by molar-refractivity contribution is 5.65. The van der Waals surface area contributed by atoms with Crippen molar-refractivity contribution in [1.82, 2.24) is 15.3 Å². The monoisotopic (exact) mass is 257 g/mol. The molecule has 4 heteroatoms. The van der Waals surface area contributed by atoms with Crippen LogP contribution in [0.4, 0.5) is 0 Å². The molecular formula is C15H19N3O. The minimum absolute atomic E-state index is 0.710. The summed E-state index contributed by atoms with van der Waals surface area (Å²) in [4.78, 5) is 9.08. The number of hydrogen-bond acceptors (Lipinski definition) is 4. The van der Waals surface area contributed by atoms with Crippen LogP contribution in [0.3, 0.4) is 0 Å². The summed E-state index contributed by atoms with van der Waals surface area (Å²) in [5.74, 6) is 1.52. The molecule has 100 valence electrons. The van der Waals surface area contributed by atoms with Crippen molar-refractivity contribution in [2.24, 2.45) is 0 Å². The highest BCUT2D eigenvalue weighted by atomic mass is 16.5. The van der Waals surface area contributed by atoms with Gasteiger partial charge in [-0.1, -0.05) is 6.07 Å². The van der Waals surface area contributed by atoms with Crippen molar-refractivity contribution >= 4 is 0 Å². The van der Waals surface area contributed by atoms with E-state index >= 15 is 0 Å². The predicted octanol–water partition coefficient (Wildman–Crippen LogP) is 2.49. The molecule has 19 heavy (non-hydrogen) atoms. The third kappa shape index (κ3) is 3.09. The number of methoxy groups -OCH3 is 1. The van der Waals surface area contributed by atoms with Gasteiger partial charge in [-0.15, -0.1) is 0 Å². The van der Waals surface area contributed by atoms with Crippen molar-refractivity contribution in [1.29, 1.82) is 0 Å². The van der Waals surface area contributed by atoms with Crippen LogP contribution in [0.1, 0.15) is 17.0 Å². The smallest absolute Gasteiger partial charge is 0.163 e. The zero-order valence-corrected chi connectivity index (χ0v) is 11.8. The number of aromatic nitrogens is 2. The van der Waals surface area contributed by atoms with Crippen LogP contribution in [0.25, 0.3) is 11.4 Å². The second-order valence-electron chi connectivity index (χ2n) is 4.56. The second-order valence-corrected chi connectivity index (χ2v) is 4.56. The lowest BCUT2D eigenvalue weighted by Gasteiger charge is -2.10. The molecule has 1 aromatic heterocycles. The topological polar surface area (TPSA) is 47.0 Å². The highest BCUT2D eigenvalue weighted by Gasteiger charge is 2.10. The van der Waals surface area contributed by atoms with Gasteiger partial charge in [0, 0.05) is 12.2 Å². The van der Waals surface area contributed by atoms with Crippen LogP contribution in [0.15, 0.2) is 24.3 Å². The molecule has 1 N–H and O–H groups in total. The lowest BCUT2D eigenvalue weighted by molar-refractivity contribution is 0.416. The average Bonchev–Trinajstić information content (AvgIpc) is 2.38. The van der Waals surface area contributed by atoms with E-state index in [4.69, 9.17) is 4.74 Å². The summed E-state index contributed by atoms with van der Waals surface area (Å²) in [5, 5.41) is 3.11. The molecule has 4 nitrogen and oxygen atoms in total. The average molecular weight is 257 g/mol. The summed E-state index contributed by atoms with van der Waals surface area (Å²) in [6.07, 6.45) is 0. The molecular weight excluding hydrogens is 238 g/mol. The van der Waals surface area contributed by atoms with Gasteiger partial charge in [0.15, 0.2) is 5.82 Å². The van der Waals surface area contributed by atoms with Crippen molar-refractivity contribution in [2.75, 3.05) is 14.2 Å². The summed E-state index contributed by atoms with van der Waals surface area (Å²) in [7, 11) is 3.58. The van der Waals surface area contributed by atoms with Crippen LogP contribution < -0.4 is 10.1 Å². The Labute approximate surface area is 113 Å². The minimum atomic E-state index is 0.710. The van der Waals surface area contributed by atoms with Crippen molar-refractivity contribution in [3.8, 4) is 17.1 Å². The van der Waals surface area contributed by atoms with Crippen LogP contribution in [0.5, 0.6) is 5.75 Å². The van der Waals surface area contributed by atoms with E-state index < -0.39 is 0 Å². The normalized spacial score (nSPS) is 10.5. The maximum Gasteiger partial charge on any atom is 0.163 e. The van der Waals surface area contributed by atoms with Gasteiger partial charge in [0.2, 0.25) is 0 Å². The Kier molecular flexibility index (Phi) is 4.12. The second kappa shape index (κ2) is 5.80. The van der Waals surface area contributed by atoms with Crippen LogP contribution in [-0.4, -0.2) is 24.1 Å². The molecule has 2 rings (SSSR count). The lowest BCUT2D eigenvalue weighted by atomic mass is 10.1. The molecule has 1 aromatic carbocycles. The third-order valence-electron chi connectivity index (χ3n) is 2.86. The van der Waals surface area contributed by atoms with Gasteiger partial charge in [0.1, 0.15) is 5.75 Å². The number of nitrogens with one attached hydrogen (secondary N) is 1. The van der Waals surface area contributed by atoms with Crippen LogP contribution in [0, 0.1) is 13.8 Å². The Morgan fingerprint density at radius 2 is 1.95 bits per heavy atom. The highest BCUT2D eigenvalue weighted by Crippen LogP contribution is 2.28. The fourth-order valence-corrected chi connectivity index (χ4v) is 2.01. The van der Waals surface area contributed by atoms with Gasteiger partial charge < -0.3 is 10.1 Å². The van der Waals surface area contributed by atoms with E-state index in [2.05, 4.69) is 15.3 Å². The van der Waals surface area contributed by atoms with Crippen LogP contribution in [0.2, 0.25) is 0 Å². The van der Waals surface area contributed by atoms with Crippen molar-refractivity contribution in [3.05, 3.63) is 41.2 Å². The van der Waals surface area contributed by atoms with Gasteiger partial charge in [-0.25, -0.2) is 9.97 Å². The minimum Gasteiger partial charge on any atom is -0.496 e. The molecule has 0 saturated heterocycles. The molecule has 0 unspecified atom stereocenters. The van der Waals surface area contributed by atoms with Crippen molar-refractivity contribution in [2.45, 2.75) is 20.4 Å². The van der Waals surface area contributed by atoms with Crippen molar-refractivity contribution < 1.29 is 4.74 Å². The van der Waals surface area contributed by atoms with Gasteiger partial charge in [-0.2, -0.15) is 0 Å². The fourth-order valence-electron chi connectivity index (χ4n) is 2.01. The standard InChI is InChI=1S/C15H19N3O/c1-10-5-6-13(14(7-10)19-4)15-17-11(2)8-12(18-15)9-16-3/h5-8,16H,9H2,1-4H3. The summed E-state index contributed by atoms with van der Waals surface area (Å²) < 4.78 is 5.42. The Hall–Kier alpha value is -1.94. The number of nitrogens with zero attached hydrogens (tertiary/aromatic N) is 2. The number of benzene rings is 1. The Morgan fingerprint density at radius 3 is 2.63 bits per heavy atom. The lowest BCUT2D eigenvalue weighted by Crippen LogP contribution is -2.09. The van der Waals surface area contributed by atoms with Gasteiger partial charge in [0.05, 0.1) is 18.4 Å². The number of ether oxygens (including phenoxy) is 1. The van der Waals surface area contributed by atoms with E-state index in [0.717, 1.165) is 34.8 Å². The maximum absolute atomic E-state index is 5.42. The fraction of sp³-hybridized carbons (Fsp3) is 0.333. The summed E-state index contributed by atoms with van der Waals surface area (Å²) >= 11 is 0. The zero-order chi connectivity index (χ0) is 13.8. The van der Waals surface area contributed by atoms with E-state index in [0.29, 0.717) is 5.82 Å². The quantitative estimate of drug-likeness (QED) is 0.914. The molecule has 0 aliphatic rings. The number of aryl methyl sites for hydroxylation is 2. The van der Waals surface area contributed by atoms with Gasteiger partial charge in [-0.3, -0.25) is 0 Å². The van der Waals surface area contributed by atoms with E-state index in [-0.39, 0.29) is 0 Å². The number of rotatable bonds is 4. The molecule has 0 saturated carbocycles. The molecule has 0 spiro atoms. The first-order valence-electron chi connectivity index (χ1n) is 6.28. The molecule has 0 aliphatic carbocycles. The zero-order valence-electron chi connectivity index (χ0n) is 11.8. The molecule has 0 amide bonds. The third-order valence-corrected chi connectivity index (χ3v) is 2.86. The Balaban J connectivity index is 2.51. The van der Waals surface area contributed by atoms with Gasteiger partial charge >= 0.3 is 0 Å². The van der Waals surface area contributed by atoms with Crippen LogP contribution in [-0.2, 0) is 6.54 Å². The predicted molar refractivity (Wildman–Crippen MR) is 76.3 cm³/mol. The maximum atomic E-state index is 5.42. The summed E-state index contributed by atoms with van der Waals surface area (Å²) in [6, 6.07) is 8.03. The molecule has 0 aliphatic heterocycles. The Morgan fingerprint density at radius 1 is 1.16 bits per heavy atom. The number of hydrogen-bond donors (Lipinski definition) is 1. The summed E-state index contributed by atoms with van der Waals surface area (Å²) in [6.45, 7) is 4.74. The first-order chi connectivity index (χ1) is 9.13. The molecule has 2 aromatic rings. The molecule has 0 fully saturated rings. The van der Waals surface area contributed by atoms with E-state index in [1.807, 2.05) is 45.2 Å². The molecule has 0 radical (unpaired) electrons. The van der Waals surface area contributed by atoms with E-state index in [9.17, 15) is 0 Å².